The number of aliphatic hydroxyl groups is 1. The fraction of sp³-hybridized carbons (Fsp3) is 0.784. The number of ether oxygens (including phenoxy) is 1. The standard InChI is InChI=1S/C37H51NO3/c1-34(28-8-2-3-9-28)33-27-11-13-29(23-39)37(33,38)32-10-6-7-25-19-31(40)14-12-26(25)17-24-18-30(36(32,21-27)41-34)22-35(20-24)15-4-5-16-35/h12,14,19,24,27-30,32-33,39-40H,2-5,7-9,11,13,15-18,20-23,38H2,1H3/t24-,27+,29+,30-,32-,33+,34-,36-,37+/m1/s1. The zero-order valence-electron chi connectivity index (χ0n) is 25.2. The van der Waals surface area contributed by atoms with E-state index in [1.54, 1.807) is 0 Å². The number of hydrogen-bond acceptors (Lipinski definition) is 4. The van der Waals surface area contributed by atoms with Crippen LogP contribution >= 0.6 is 0 Å². The van der Waals surface area contributed by atoms with Gasteiger partial charge in [-0.05, 0) is 130 Å². The smallest absolute Gasteiger partial charge is 0.115 e. The maximum atomic E-state index is 10.9. The second kappa shape index (κ2) is 9.48. The van der Waals surface area contributed by atoms with Gasteiger partial charge in [-0.25, -0.2) is 0 Å². The molecule has 0 radical (unpaired) electrons. The van der Waals surface area contributed by atoms with Crippen LogP contribution in [-0.4, -0.2) is 33.6 Å². The molecule has 7 fully saturated rings. The second-order valence-corrected chi connectivity index (χ2v) is 16.1. The van der Waals surface area contributed by atoms with Crippen molar-refractivity contribution in [3.63, 3.8) is 0 Å². The zero-order valence-corrected chi connectivity index (χ0v) is 25.2. The van der Waals surface area contributed by atoms with Gasteiger partial charge < -0.3 is 20.7 Å². The molecular formula is C37H51NO3. The molecule has 4 heteroatoms. The Morgan fingerprint density at radius 3 is 2.56 bits per heavy atom. The summed E-state index contributed by atoms with van der Waals surface area (Å²) in [7, 11) is 0. The number of aliphatic hydroxyl groups excluding tert-OH is 1. The summed E-state index contributed by atoms with van der Waals surface area (Å²) in [4.78, 5) is 0. The van der Waals surface area contributed by atoms with Crippen LogP contribution in [0.4, 0.5) is 0 Å². The summed E-state index contributed by atoms with van der Waals surface area (Å²) in [6, 6.07) is 5.99. The molecule has 1 aromatic carbocycles. The molecule has 0 unspecified atom stereocenters. The average Bonchev–Trinajstić information content (AvgIpc) is 3.64. The average molecular weight is 558 g/mol. The zero-order chi connectivity index (χ0) is 28.0. The molecule has 6 aliphatic carbocycles. The van der Waals surface area contributed by atoms with Gasteiger partial charge in [0.15, 0.2) is 0 Å². The highest BCUT2D eigenvalue weighted by Gasteiger charge is 2.76. The number of aromatic hydroxyl groups is 1. The Kier molecular flexibility index (Phi) is 6.25. The Balaban J connectivity index is 1.33. The number of hydrogen-bond donors (Lipinski definition) is 3. The van der Waals surface area contributed by atoms with Crippen molar-refractivity contribution in [2.45, 2.75) is 126 Å². The van der Waals surface area contributed by atoms with Gasteiger partial charge in [0.25, 0.3) is 0 Å². The number of rotatable bonds is 2. The molecule has 5 saturated carbocycles. The Hall–Kier alpha value is -1.54. The van der Waals surface area contributed by atoms with Crippen LogP contribution in [0.15, 0.2) is 18.2 Å². The van der Waals surface area contributed by atoms with Crippen LogP contribution in [0.25, 0.3) is 0 Å². The Morgan fingerprint density at radius 1 is 0.976 bits per heavy atom. The van der Waals surface area contributed by atoms with Crippen molar-refractivity contribution in [3.8, 4) is 17.6 Å². The normalized spacial score (nSPS) is 46.3. The Bertz CT molecular complexity index is 1250. The minimum atomic E-state index is -0.524. The topological polar surface area (TPSA) is 75.7 Å². The monoisotopic (exact) mass is 557 g/mol. The summed E-state index contributed by atoms with van der Waals surface area (Å²) in [5, 5.41) is 21.3. The molecule has 2 aliphatic heterocycles. The van der Waals surface area contributed by atoms with Crippen LogP contribution in [-0.2, 0) is 17.6 Å². The van der Waals surface area contributed by atoms with E-state index in [1.165, 1.54) is 88.2 Å². The molecule has 2 saturated heterocycles. The third-order valence-corrected chi connectivity index (χ3v) is 14.2. The Morgan fingerprint density at radius 2 is 1.78 bits per heavy atom. The molecule has 222 valence electrons. The molecule has 41 heavy (non-hydrogen) atoms. The lowest BCUT2D eigenvalue weighted by Gasteiger charge is -2.75. The van der Waals surface area contributed by atoms with Gasteiger partial charge in [-0.1, -0.05) is 43.6 Å². The van der Waals surface area contributed by atoms with E-state index in [-0.39, 0.29) is 35.6 Å². The van der Waals surface area contributed by atoms with Crippen LogP contribution in [0.5, 0.6) is 5.75 Å². The molecule has 9 atom stereocenters. The molecule has 0 amide bonds. The molecule has 1 aromatic rings. The molecule has 6 bridgehead atoms. The largest absolute Gasteiger partial charge is 0.508 e. The van der Waals surface area contributed by atoms with Crippen molar-refractivity contribution in [3.05, 3.63) is 29.3 Å². The van der Waals surface area contributed by atoms with Gasteiger partial charge in [-0.3, -0.25) is 0 Å². The summed E-state index contributed by atoms with van der Waals surface area (Å²) < 4.78 is 7.90. The molecular weight excluding hydrogens is 506 g/mol. The van der Waals surface area contributed by atoms with Gasteiger partial charge in [0.05, 0.1) is 17.1 Å². The molecule has 0 aromatic heterocycles. The van der Waals surface area contributed by atoms with Crippen LogP contribution in [0.3, 0.4) is 0 Å². The van der Waals surface area contributed by atoms with Gasteiger partial charge in [0, 0.05) is 30.4 Å². The summed E-state index contributed by atoms with van der Waals surface area (Å²) in [5.74, 6) is 10.4. The first-order chi connectivity index (χ1) is 19.8. The highest BCUT2D eigenvalue weighted by atomic mass is 16.5. The lowest BCUT2D eigenvalue weighted by Crippen LogP contribution is -2.84. The molecule has 4 nitrogen and oxygen atoms in total. The molecule has 8 aliphatic rings. The predicted octanol–water partition coefficient (Wildman–Crippen LogP) is 6.54. The number of phenols is 1. The summed E-state index contributed by atoms with van der Waals surface area (Å²) >= 11 is 0. The van der Waals surface area contributed by atoms with Crippen molar-refractivity contribution in [2.75, 3.05) is 6.61 Å². The van der Waals surface area contributed by atoms with Crippen LogP contribution in [0.1, 0.15) is 108 Å². The van der Waals surface area contributed by atoms with Crippen LogP contribution < -0.4 is 5.73 Å². The van der Waals surface area contributed by atoms with Gasteiger partial charge in [0.1, 0.15) is 5.75 Å². The molecule has 4 N–H and O–H groups in total. The van der Waals surface area contributed by atoms with Gasteiger partial charge in [-0.15, -0.1) is 0 Å². The highest BCUT2D eigenvalue weighted by molar-refractivity contribution is 5.40. The number of benzene rings is 1. The van der Waals surface area contributed by atoms with Gasteiger partial charge in [0.2, 0.25) is 0 Å². The second-order valence-electron chi connectivity index (χ2n) is 16.1. The molecule has 9 rings (SSSR count). The van der Waals surface area contributed by atoms with E-state index >= 15 is 0 Å². The van der Waals surface area contributed by atoms with Crippen molar-refractivity contribution in [1.82, 2.24) is 0 Å². The SMILES string of the molecule is C[C@]1(C2CCCC2)O[C@@]23C[C@@H]4CC[C@@H](CO)[C@](N)([C@@H]2C#CCc2cc(O)ccc2C[C@@H]2C[C@@H]3CC3(CCCC3)C2)[C@@H]41. The fourth-order valence-corrected chi connectivity index (χ4v) is 12.8. The van der Waals surface area contributed by atoms with E-state index in [2.05, 4.69) is 24.8 Å². The summed E-state index contributed by atoms with van der Waals surface area (Å²) in [6.45, 7) is 2.62. The maximum Gasteiger partial charge on any atom is 0.115 e. The summed E-state index contributed by atoms with van der Waals surface area (Å²) in [5.41, 5.74) is 9.81. The van der Waals surface area contributed by atoms with Crippen molar-refractivity contribution >= 4 is 0 Å². The number of fused-ring (bicyclic) bond motifs is 4. The van der Waals surface area contributed by atoms with Crippen molar-refractivity contribution in [2.24, 2.45) is 52.6 Å². The van der Waals surface area contributed by atoms with E-state index < -0.39 is 5.54 Å². The first-order valence-corrected chi connectivity index (χ1v) is 17.2. The minimum absolute atomic E-state index is 0.0516. The van der Waals surface area contributed by atoms with Crippen molar-refractivity contribution < 1.29 is 14.9 Å². The number of phenolic OH excluding ortho intramolecular Hbond substituents is 1. The van der Waals surface area contributed by atoms with Gasteiger partial charge in [-0.2, -0.15) is 0 Å². The third-order valence-electron chi connectivity index (χ3n) is 14.2. The summed E-state index contributed by atoms with van der Waals surface area (Å²) in [6.07, 6.45) is 19.3. The van der Waals surface area contributed by atoms with Gasteiger partial charge >= 0.3 is 0 Å². The van der Waals surface area contributed by atoms with Crippen LogP contribution in [0, 0.1) is 58.7 Å². The first kappa shape index (κ1) is 27.0. The molecule has 2 spiro atoms. The van der Waals surface area contributed by atoms with E-state index in [1.807, 2.05) is 12.1 Å². The van der Waals surface area contributed by atoms with E-state index in [0.29, 0.717) is 41.3 Å². The first-order valence-electron chi connectivity index (χ1n) is 17.2. The van der Waals surface area contributed by atoms with Crippen LogP contribution in [0.2, 0.25) is 0 Å². The van der Waals surface area contributed by atoms with E-state index in [9.17, 15) is 10.2 Å². The van der Waals surface area contributed by atoms with Crippen molar-refractivity contribution in [1.29, 1.82) is 0 Å². The predicted molar refractivity (Wildman–Crippen MR) is 161 cm³/mol. The highest BCUT2D eigenvalue weighted by Crippen LogP contribution is 2.71. The maximum absolute atomic E-state index is 10.9. The number of nitrogens with two attached hydrogens (primary N) is 1. The third kappa shape index (κ3) is 3.84. The minimum Gasteiger partial charge on any atom is -0.508 e. The fourth-order valence-electron chi connectivity index (χ4n) is 12.8. The lowest BCUT2D eigenvalue weighted by atomic mass is 9.39. The quantitative estimate of drug-likeness (QED) is 0.361. The molecule has 2 heterocycles. The lowest BCUT2D eigenvalue weighted by molar-refractivity contribution is -0.359. The Labute approximate surface area is 247 Å². The van der Waals surface area contributed by atoms with E-state index in [0.717, 1.165) is 19.3 Å². The van der Waals surface area contributed by atoms with E-state index in [4.69, 9.17) is 10.5 Å².